The topological polar surface area (TPSA) is 98.8 Å². The molecule has 2 heterocycles. The molecular weight excluding hydrogens is 438 g/mol. The van der Waals surface area contributed by atoms with Crippen LogP contribution in [0.1, 0.15) is 74.7 Å². The van der Waals surface area contributed by atoms with E-state index in [1.54, 1.807) is 6.33 Å². The minimum Gasteiger partial charge on any atom is -0.492 e. The Balaban J connectivity index is 1.40. The highest BCUT2D eigenvalue weighted by Crippen LogP contribution is 2.38. The van der Waals surface area contributed by atoms with Crippen LogP contribution in [-0.4, -0.2) is 32.0 Å². The summed E-state index contributed by atoms with van der Waals surface area (Å²) in [5.41, 5.74) is 11.6. The third kappa shape index (κ3) is 3.97. The molecule has 2 fully saturated rings. The van der Waals surface area contributed by atoms with Crippen molar-refractivity contribution in [1.82, 2.24) is 19.5 Å². The van der Waals surface area contributed by atoms with Crippen molar-refractivity contribution >= 4 is 28.0 Å². The quantitative estimate of drug-likeness (QED) is 0.360. The molecule has 182 valence electrons. The summed E-state index contributed by atoms with van der Waals surface area (Å²) < 4.78 is 8.64. The van der Waals surface area contributed by atoms with E-state index in [0.29, 0.717) is 46.8 Å². The first kappa shape index (κ1) is 22.1. The smallest absolute Gasteiger partial charge is 0.254 e. The molecule has 0 aliphatic heterocycles. The molecule has 0 saturated heterocycles. The number of nitrogens with one attached hydrogen (secondary N) is 1. The second kappa shape index (κ2) is 9.02. The zero-order chi connectivity index (χ0) is 23.9. The molecule has 2 aliphatic rings. The number of fused-ring (bicyclic) bond motifs is 2. The molecule has 2 unspecified atom stereocenters. The zero-order valence-corrected chi connectivity index (χ0v) is 20.3. The number of aromatic amines is 1. The fraction of sp³-hybridized carbons (Fsp3) is 0.464. The van der Waals surface area contributed by atoms with Crippen LogP contribution in [0.25, 0.3) is 33.2 Å². The van der Waals surface area contributed by atoms with E-state index < -0.39 is 5.91 Å². The minimum atomic E-state index is -0.512. The number of ether oxygens (including phenoxy) is 1. The first-order valence-corrected chi connectivity index (χ1v) is 13.0. The number of nitrogens with zero attached hydrogens (tertiary/aromatic N) is 3. The van der Waals surface area contributed by atoms with Crippen molar-refractivity contribution in [3.8, 4) is 16.9 Å². The van der Waals surface area contributed by atoms with Crippen molar-refractivity contribution in [1.29, 1.82) is 0 Å². The highest BCUT2D eigenvalue weighted by atomic mass is 16.5. The van der Waals surface area contributed by atoms with Gasteiger partial charge >= 0.3 is 0 Å². The minimum absolute atomic E-state index is 0.370. The molecule has 4 aromatic rings. The number of benzene rings is 2. The van der Waals surface area contributed by atoms with E-state index >= 15 is 0 Å². The summed E-state index contributed by atoms with van der Waals surface area (Å²) in [5, 5.41) is 0. The third-order valence-electron chi connectivity index (χ3n) is 8.26. The van der Waals surface area contributed by atoms with Gasteiger partial charge < -0.3 is 20.0 Å². The zero-order valence-electron chi connectivity index (χ0n) is 20.3. The Kier molecular flexibility index (Phi) is 5.71. The molecule has 6 rings (SSSR count). The number of hydrogen-bond donors (Lipinski definition) is 2. The summed E-state index contributed by atoms with van der Waals surface area (Å²) in [6.07, 6.45) is 13.6. The number of primary amides is 1. The number of carbonyl (C=O) groups excluding carboxylic acids is 1. The molecule has 1 amide bonds. The Morgan fingerprint density at radius 1 is 1.11 bits per heavy atom. The largest absolute Gasteiger partial charge is 0.492 e. The lowest BCUT2D eigenvalue weighted by Gasteiger charge is -2.23. The van der Waals surface area contributed by atoms with E-state index in [4.69, 9.17) is 15.5 Å². The number of rotatable bonds is 6. The normalized spacial score (nSPS) is 21.2. The summed E-state index contributed by atoms with van der Waals surface area (Å²) in [4.78, 5) is 24.9. The standard InChI is InChI=1S/C28H33N5O2/c1-17-6-5-7-19(17)14-35-24-13-21(26-27(31-15-30-26)25(24)28(29)34)18-10-11-23-22(12-18)32-16-33(23)20-8-3-2-4-9-20/h10-13,15-17,19-20H,2-9,14H2,1H3,(H2,29,34)(H,30,31). The lowest BCUT2D eigenvalue weighted by Crippen LogP contribution is -2.18. The number of carbonyl (C=O) groups is 1. The molecule has 2 aromatic carbocycles. The van der Waals surface area contributed by atoms with Crippen molar-refractivity contribution in [3.63, 3.8) is 0 Å². The van der Waals surface area contributed by atoms with Gasteiger partial charge in [0, 0.05) is 11.6 Å². The fourth-order valence-electron chi connectivity index (χ4n) is 6.18. The van der Waals surface area contributed by atoms with Gasteiger partial charge in [-0.15, -0.1) is 0 Å². The molecular formula is C28H33N5O2. The number of imidazole rings is 2. The van der Waals surface area contributed by atoms with Crippen LogP contribution < -0.4 is 10.5 Å². The SMILES string of the molecule is CC1CCCC1COc1cc(-c2ccc3c(c2)ncn3C2CCCCC2)c2nc[nH]c2c1C(N)=O. The van der Waals surface area contributed by atoms with E-state index in [1.807, 2.05) is 12.4 Å². The number of H-pyrrole nitrogens is 1. The molecule has 3 N–H and O–H groups in total. The second-order valence-electron chi connectivity index (χ2n) is 10.4. The van der Waals surface area contributed by atoms with Crippen molar-refractivity contribution in [2.24, 2.45) is 17.6 Å². The van der Waals surface area contributed by atoms with Gasteiger partial charge in [-0.25, -0.2) is 9.97 Å². The molecule has 2 aromatic heterocycles. The Morgan fingerprint density at radius 3 is 2.74 bits per heavy atom. The molecule has 2 saturated carbocycles. The van der Waals surface area contributed by atoms with Crippen LogP contribution in [-0.2, 0) is 0 Å². The number of nitrogens with two attached hydrogens (primary N) is 1. The maximum absolute atomic E-state index is 12.5. The average Bonchev–Trinajstić information content (AvgIpc) is 3.61. The Hall–Kier alpha value is -3.35. The first-order valence-electron chi connectivity index (χ1n) is 13.0. The summed E-state index contributed by atoms with van der Waals surface area (Å²) >= 11 is 0. The van der Waals surface area contributed by atoms with Gasteiger partial charge in [0.05, 0.1) is 41.3 Å². The van der Waals surface area contributed by atoms with E-state index in [-0.39, 0.29) is 0 Å². The Morgan fingerprint density at radius 2 is 1.97 bits per heavy atom. The molecule has 0 spiro atoms. The predicted molar refractivity (Wildman–Crippen MR) is 137 cm³/mol. The van der Waals surface area contributed by atoms with Gasteiger partial charge in [0.2, 0.25) is 0 Å². The maximum Gasteiger partial charge on any atom is 0.254 e. The van der Waals surface area contributed by atoms with Crippen LogP contribution in [0.5, 0.6) is 5.75 Å². The monoisotopic (exact) mass is 471 g/mol. The van der Waals surface area contributed by atoms with E-state index in [0.717, 1.165) is 23.1 Å². The van der Waals surface area contributed by atoms with Crippen molar-refractivity contribution in [2.45, 2.75) is 64.3 Å². The highest BCUT2D eigenvalue weighted by Gasteiger charge is 2.26. The van der Waals surface area contributed by atoms with Gasteiger partial charge in [-0.05, 0) is 54.9 Å². The van der Waals surface area contributed by atoms with Gasteiger partial charge in [0.15, 0.2) is 0 Å². The summed E-state index contributed by atoms with van der Waals surface area (Å²) in [5.74, 6) is 1.14. The van der Waals surface area contributed by atoms with Crippen LogP contribution in [0.2, 0.25) is 0 Å². The van der Waals surface area contributed by atoms with Crippen molar-refractivity contribution in [3.05, 3.63) is 42.5 Å². The number of hydrogen-bond acceptors (Lipinski definition) is 4. The third-order valence-corrected chi connectivity index (χ3v) is 8.26. The van der Waals surface area contributed by atoms with Crippen molar-refractivity contribution < 1.29 is 9.53 Å². The summed E-state index contributed by atoms with van der Waals surface area (Å²) in [6, 6.07) is 8.87. The van der Waals surface area contributed by atoms with Crippen LogP contribution >= 0.6 is 0 Å². The van der Waals surface area contributed by atoms with Crippen molar-refractivity contribution in [2.75, 3.05) is 6.61 Å². The van der Waals surface area contributed by atoms with E-state index in [1.165, 1.54) is 50.5 Å². The van der Waals surface area contributed by atoms with E-state index in [9.17, 15) is 4.79 Å². The predicted octanol–water partition coefficient (Wildman–Crippen LogP) is 6.00. The van der Waals surface area contributed by atoms with Gasteiger partial charge in [0.25, 0.3) is 5.91 Å². The first-order chi connectivity index (χ1) is 17.1. The molecule has 7 nitrogen and oxygen atoms in total. The van der Waals surface area contributed by atoms with Gasteiger partial charge in [0.1, 0.15) is 11.3 Å². The van der Waals surface area contributed by atoms with Crippen LogP contribution in [0.4, 0.5) is 0 Å². The highest BCUT2D eigenvalue weighted by molar-refractivity contribution is 6.10. The van der Waals surface area contributed by atoms with Crippen LogP contribution in [0.3, 0.4) is 0 Å². The maximum atomic E-state index is 12.5. The van der Waals surface area contributed by atoms with E-state index in [2.05, 4.69) is 39.7 Å². The fourth-order valence-corrected chi connectivity index (χ4v) is 6.18. The molecule has 2 aliphatic carbocycles. The van der Waals surface area contributed by atoms with Gasteiger partial charge in [-0.1, -0.05) is 45.1 Å². The summed E-state index contributed by atoms with van der Waals surface area (Å²) in [6.45, 7) is 2.87. The Bertz CT molecular complexity index is 1380. The van der Waals surface area contributed by atoms with Crippen LogP contribution in [0.15, 0.2) is 36.9 Å². The lowest BCUT2D eigenvalue weighted by molar-refractivity contribution is 0.0996. The molecule has 2 atom stereocenters. The summed E-state index contributed by atoms with van der Waals surface area (Å²) in [7, 11) is 0. The Labute approximate surface area is 205 Å². The average molecular weight is 472 g/mol. The molecule has 0 radical (unpaired) electrons. The number of amides is 1. The molecule has 0 bridgehead atoms. The van der Waals surface area contributed by atoms with Gasteiger partial charge in [-0.2, -0.15) is 0 Å². The lowest BCUT2D eigenvalue weighted by atomic mass is 9.95. The molecule has 7 heteroatoms. The molecule has 35 heavy (non-hydrogen) atoms. The second-order valence-corrected chi connectivity index (χ2v) is 10.4. The van der Waals surface area contributed by atoms with Crippen LogP contribution in [0, 0.1) is 11.8 Å². The number of aromatic nitrogens is 4. The van der Waals surface area contributed by atoms with Gasteiger partial charge in [-0.3, -0.25) is 4.79 Å².